The van der Waals surface area contributed by atoms with Crippen LogP contribution in [-0.4, -0.2) is 24.4 Å². The zero-order valence-corrected chi connectivity index (χ0v) is 16.9. The molecule has 0 saturated heterocycles. The fourth-order valence-corrected chi connectivity index (χ4v) is 2.71. The zero-order chi connectivity index (χ0) is 21.7. The predicted molar refractivity (Wildman–Crippen MR) is 113 cm³/mol. The Hall–Kier alpha value is -3.87. The molecule has 154 valence electrons. The standard InChI is InChI=1S/C23H22N2O5/c1-14-7-9-18(11-16(14)3)24-21(26)13-30-23(28)17-8-6-15(2)19(12-17)25-22(27)20-5-4-10-29-20/h4-12H,13H2,1-3H3,(H,24,26)(H,25,27). The third-order valence-corrected chi connectivity index (χ3v) is 4.59. The molecule has 0 fully saturated rings. The Bertz CT molecular complexity index is 1090. The number of rotatable bonds is 6. The topological polar surface area (TPSA) is 97.6 Å². The van der Waals surface area contributed by atoms with Crippen LogP contribution in [0.1, 0.15) is 37.6 Å². The second kappa shape index (κ2) is 9.09. The maximum absolute atomic E-state index is 12.3. The summed E-state index contributed by atoms with van der Waals surface area (Å²) in [6.07, 6.45) is 1.40. The van der Waals surface area contributed by atoms with Crippen LogP contribution >= 0.6 is 0 Å². The second-order valence-electron chi connectivity index (χ2n) is 6.88. The SMILES string of the molecule is Cc1ccc(NC(=O)COC(=O)c2ccc(C)c(NC(=O)c3ccco3)c2)cc1C. The van der Waals surface area contributed by atoms with Crippen molar-refractivity contribution in [3.8, 4) is 0 Å². The van der Waals surface area contributed by atoms with Gasteiger partial charge in [-0.15, -0.1) is 0 Å². The summed E-state index contributed by atoms with van der Waals surface area (Å²) < 4.78 is 10.2. The van der Waals surface area contributed by atoms with Gasteiger partial charge in [0.05, 0.1) is 11.8 Å². The van der Waals surface area contributed by atoms with Crippen LogP contribution in [0.15, 0.2) is 59.2 Å². The second-order valence-corrected chi connectivity index (χ2v) is 6.88. The Morgan fingerprint density at radius 1 is 0.900 bits per heavy atom. The van der Waals surface area contributed by atoms with Crippen LogP contribution in [0.25, 0.3) is 0 Å². The summed E-state index contributed by atoms with van der Waals surface area (Å²) in [6.45, 7) is 5.30. The van der Waals surface area contributed by atoms with Crippen molar-refractivity contribution in [2.24, 2.45) is 0 Å². The van der Waals surface area contributed by atoms with Crippen LogP contribution in [0.2, 0.25) is 0 Å². The summed E-state index contributed by atoms with van der Waals surface area (Å²) in [5.74, 6) is -1.38. The molecule has 0 aliphatic rings. The van der Waals surface area contributed by atoms with Gasteiger partial charge in [0.15, 0.2) is 12.4 Å². The molecule has 0 aliphatic carbocycles. The first-order valence-electron chi connectivity index (χ1n) is 9.33. The van der Waals surface area contributed by atoms with Crippen LogP contribution in [-0.2, 0) is 9.53 Å². The summed E-state index contributed by atoms with van der Waals surface area (Å²) >= 11 is 0. The molecule has 0 atom stereocenters. The van der Waals surface area contributed by atoms with E-state index >= 15 is 0 Å². The minimum atomic E-state index is -0.668. The van der Waals surface area contributed by atoms with E-state index < -0.39 is 24.4 Å². The molecular formula is C23H22N2O5. The lowest BCUT2D eigenvalue weighted by molar-refractivity contribution is -0.119. The average molecular weight is 406 g/mol. The van der Waals surface area contributed by atoms with Gasteiger partial charge >= 0.3 is 5.97 Å². The van der Waals surface area contributed by atoms with Crippen molar-refractivity contribution >= 4 is 29.2 Å². The smallest absolute Gasteiger partial charge is 0.338 e. The zero-order valence-electron chi connectivity index (χ0n) is 16.9. The first kappa shape index (κ1) is 20.9. The van der Waals surface area contributed by atoms with E-state index in [1.807, 2.05) is 26.0 Å². The normalized spacial score (nSPS) is 10.4. The fraction of sp³-hybridized carbons (Fsp3) is 0.174. The quantitative estimate of drug-likeness (QED) is 0.597. The number of furan rings is 1. The number of amides is 2. The van der Waals surface area contributed by atoms with E-state index in [9.17, 15) is 14.4 Å². The molecule has 0 spiro atoms. The van der Waals surface area contributed by atoms with E-state index in [0.717, 1.165) is 16.7 Å². The summed E-state index contributed by atoms with van der Waals surface area (Å²) in [7, 11) is 0. The number of aryl methyl sites for hydroxylation is 3. The minimum Gasteiger partial charge on any atom is -0.459 e. The van der Waals surface area contributed by atoms with E-state index in [0.29, 0.717) is 11.4 Å². The lowest BCUT2D eigenvalue weighted by Crippen LogP contribution is -2.21. The van der Waals surface area contributed by atoms with Crippen LogP contribution in [0.3, 0.4) is 0 Å². The van der Waals surface area contributed by atoms with Crippen LogP contribution < -0.4 is 10.6 Å². The van der Waals surface area contributed by atoms with Gasteiger partial charge in [-0.1, -0.05) is 12.1 Å². The van der Waals surface area contributed by atoms with Crippen molar-refractivity contribution in [1.29, 1.82) is 0 Å². The van der Waals surface area contributed by atoms with Crippen molar-refractivity contribution in [2.45, 2.75) is 20.8 Å². The molecule has 0 saturated carbocycles. The highest BCUT2D eigenvalue weighted by Gasteiger charge is 2.15. The molecule has 0 bridgehead atoms. The predicted octanol–water partition coefficient (Wildman–Crippen LogP) is 4.25. The Balaban J connectivity index is 1.60. The number of ether oxygens (including phenoxy) is 1. The largest absolute Gasteiger partial charge is 0.459 e. The number of hydrogen-bond donors (Lipinski definition) is 2. The summed E-state index contributed by atoms with van der Waals surface area (Å²) in [5, 5.41) is 5.39. The van der Waals surface area contributed by atoms with Crippen molar-refractivity contribution in [1.82, 2.24) is 0 Å². The van der Waals surface area contributed by atoms with Crippen molar-refractivity contribution in [3.63, 3.8) is 0 Å². The Morgan fingerprint density at radius 2 is 1.67 bits per heavy atom. The molecule has 3 rings (SSSR count). The van der Waals surface area contributed by atoms with Gasteiger partial charge in [-0.05, 0) is 73.9 Å². The molecule has 30 heavy (non-hydrogen) atoms. The summed E-state index contributed by atoms with van der Waals surface area (Å²) in [4.78, 5) is 36.6. The molecule has 1 aromatic heterocycles. The van der Waals surface area contributed by atoms with Crippen LogP contribution in [0.4, 0.5) is 11.4 Å². The number of benzene rings is 2. The fourth-order valence-electron chi connectivity index (χ4n) is 2.71. The molecule has 7 nitrogen and oxygen atoms in total. The highest BCUT2D eigenvalue weighted by atomic mass is 16.5. The van der Waals surface area contributed by atoms with Crippen LogP contribution in [0.5, 0.6) is 0 Å². The third kappa shape index (κ3) is 5.14. The number of esters is 1. The van der Waals surface area contributed by atoms with Gasteiger partial charge in [-0.25, -0.2) is 4.79 Å². The van der Waals surface area contributed by atoms with Gasteiger partial charge < -0.3 is 19.8 Å². The van der Waals surface area contributed by atoms with Gasteiger partial charge in [-0.3, -0.25) is 9.59 Å². The summed E-state index contributed by atoms with van der Waals surface area (Å²) in [6, 6.07) is 13.4. The van der Waals surface area contributed by atoms with E-state index in [2.05, 4.69) is 10.6 Å². The van der Waals surface area contributed by atoms with E-state index in [1.54, 1.807) is 31.2 Å². The van der Waals surface area contributed by atoms with Crippen molar-refractivity contribution in [3.05, 3.63) is 82.8 Å². The first-order valence-corrected chi connectivity index (χ1v) is 9.33. The van der Waals surface area contributed by atoms with Crippen LogP contribution in [0, 0.1) is 20.8 Å². The van der Waals surface area contributed by atoms with Crippen molar-refractivity contribution in [2.75, 3.05) is 17.2 Å². The van der Waals surface area contributed by atoms with E-state index in [1.165, 1.54) is 18.4 Å². The summed E-state index contributed by atoms with van der Waals surface area (Å²) in [5.41, 5.74) is 4.23. The van der Waals surface area contributed by atoms with Gasteiger partial charge in [0.1, 0.15) is 0 Å². The number of carbonyl (C=O) groups excluding carboxylic acids is 3. The van der Waals surface area contributed by atoms with Crippen molar-refractivity contribution < 1.29 is 23.5 Å². The maximum Gasteiger partial charge on any atom is 0.338 e. The molecule has 7 heteroatoms. The monoisotopic (exact) mass is 406 g/mol. The Labute approximate surface area is 174 Å². The molecule has 2 aromatic carbocycles. The van der Waals surface area contributed by atoms with Gasteiger partial charge in [0, 0.05) is 11.4 Å². The molecule has 2 amide bonds. The molecule has 0 radical (unpaired) electrons. The lowest BCUT2D eigenvalue weighted by atomic mass is 10.1. The minimum absolute atomic E-state index is 0.158. The molecule has 2 N–H and O–H groups in total. The number of anilines is 2. The molecule has 0 unspecified atom stereocenters. The van der Waals surface area contributed by atoms with Gasteiger partial charge in [0.25, 0.3) is 11.8 Å². The van der Waals surface area contributed by atoms with Gasteiger partial charge in [0.2, 0.25) is 0 Å². The van der Waals surface area contributed by atoms with Gasteiger partial charge in [-0.2, -0.15) is 0 Å². The first-order chi connectivity index (χ1) is 14.3. The highest BCUT2D eigenvalue weighted by molar-refractivity contribution is 6.03. The highest BCUT2D eigenvalue weighted by Crippen LogP contribution is 2.19. The molecule has 0 aliphatic heterocycles. The molecule has 1 heterocycles. The molecule has 3 aromatic rings. The molecular weight excluding hydrogens is 384 g/mol. The maximum atomic E-state index is 12.3. The van der Waals surface area contributed by atoms with E-state index in [-0.39, 0.29) is 11.3 Å². The average Bonchev–Trinajstić information content (AvgIpc) is 3.25. The number of carbonyl (C=O) groups is 3. The number of nitrogens with one attached hydrogen (secondary N) is 2. The number of hydrogen-bond acceptors (Lipinski definition) is 5. The van der Waals surface area contributed by atoms with E-state index in [4.69, 9.17) is 9.15 Å². The third-order valence-electron chi connectivity index (χ3n) is 4.59. The Morgan fingerprint density at radius 3 is 2.37 bits per heavy atom. The lowest BCUT2D eigenvalue weighted by Gasteiger charge is -2.11. The Kier molecular flexibility index (Phi) is 6.32.